The molecule has 0 aromatic heterocycles. The van der Waals surface area contributed by atoms with Crippen LogP contribution in [0.4, 0.5) is 34.1 Å². The molecule has 0 N–H and O–H groups in total. The molecule has 0 fully saturated rings. The number of nitrogens with zero attached hydrogens (tertiary/aromatic N) is 2. The molecule has 2 nitrogen and oxygen atoms in total. The van der Waals surface area contributed by atoms with E-state index in [4.69, 9.17) is 0 Å². The van der Waals surface area contributed by atoms with Crippen molar-refractivity contribution in [1.29, 1.82) is 0 Å². The molecule has 4 heteroatoms. The second-order valence-electron chi connectivity index (χ2n) is 23.5. The smallest absolute Gasteiger partial charge is 0.247 e. The molecule has 366 valence electrons. The normalized spacial score (nSPS) is 13.5. The summed E-state index contributed by atoms with van der Waals surface area (Å²) < 4.78 is 0. The number of benzene rings is 10. The van der Waals surface area contributed by atoms with E-state index in [1.807, 2.05) is 0 Å². The number of para-hydroxylation sites is 4. The van der Waals surface area contributed by atoms with E-state index in [2.05, 4.69) is 263 Å². The van der Waals surface area contributed by atoms with E-state index in [1.54, 1.807) is 0 Å². The van der Waals surface area contributed by atoms with Gasteiger partial charge in [-0.05, 0) is 149 Å². The van der Waals surface area contributed by atoms with Gasteiger partial charge in [-0.2, -0.15) is 0 Å². The monoisotopic (exact) mass is 961 g/mol. The molecule has 0 aliphatic carbocycles. The van der Waals surface area contributed by atoms with Gasteiger partial charge in [-0.1, -0.05) is 227 Å². The summed E-state index contributed by atoms with van der Waals surface area (Å²) in [6.45, 7) is 28.6. The van der Waals surface area contributed by atoms with Gasteiger partial charge in [0.05, 0.1) is 0 Å². The minimum atomic E-state index is 0.0325. The maximum Gasteiger partial charge on any atom is 0.247 e. The SMILES string of the molecule is CC(C)c1cc(C(C)C)c(B2c3ccccc3N(c3ccccc3)c3c2cc2ccc4c5c(cc6ccc3c2c64)B(c2c(C(C)C)cc(C(C)C)cc2C(C)C)c2ccccc2N5c2ccccc2)c(C(C)C)c1. The molecular formula is C70H70B2N2. The maximum atomic E-state index is 2.60. The third-order valence-corrected chi connectivity index (χ3v) is 16.9. The van der Waals surface area contributed by atoms with Crippen molar-refractivity contribution in [3.63, 3.8) is 0 Å². The molecular weight excluding hydrogens is 890 g/mol. The van der Waals surface area contributed by atoms with Crippen LogP contribution in [0.15, 0.2) is 170 Å². The maximum absolute atomic E-state index is 2.60. The van der Waals surface area contributed by atoms with Crippen LogP contribution in [0.3, 0.4) is 0 Å². The molecule has 0 spiro atoms. The van der Waals surface area contributed by atoms with Gasteiger partial charge in [-0.25, -0.2) is 0 Å². The predicted octanol–water partition coefficient (Wildman–Crippen LogP) is 15.9. The third-order valence-electron chi connectivity index (χ3n) is 16.9. The molecule has 12 rings (SSSR count). The molecule has 10 aromatic rings. The van der Waals surface area contributed by atoms with Gasteiger partial charge in [0.1, 0.15) is 0 Å². The van der Waals surface area contributed by atoms with Crippen molar-refractivity contribution >= 4 is 113 Å². The third kappa shape index (κ3) is 7.45. The van der Waals surface area contributed by atoms with Crippen LogP contribution in [0.25, 0.3) is 32.3 Å². The summed E-state index contributed by atoms with van der Waals surface area (Å²) in [5.41, 5.74) is 24.6. The summed E-state index contributed by atoms with van der Waals surface area (Å²) in [4.78, 5) is 5.19. The number of hydrogen-bond donors (Lipinski definition) is 0. The lowest BCUT2D eigenvalue weighted by atomic mass is 9.33. The second-order valence-corrected chi connectivity index (χ2v) is 23.5. The number of hydrogen-bond acceptors (Lipinski definition) is 2. The zero-order chi connectivity index (χ0) is 51.4. The highest BCUT2D eigenvalue weighted by atomic mass is 15.2. The van der Waals surface area contributed by atoms with Gasteiger partial charge in [0.2, 0.25) is 13.4 Å². The molecule has 0 radical (unpaired) electrons. The molecule has 0 atom stereocenters. The highest BCUT2D eigenvalue weighted by Gasteiger charge is 2.42. The lowest BCUT2D eigenvalue weighted by Gasteiger charge is -2.41. The first kappa shape index (κ1) is 47.9. The molecule has 0 unspecified atom stereocenters. The van der Waals surface area contributed by atoms with Crippen LogP contribution in [0.5, 0.6) is 0 Å². The van der Waals surface area contributed by atoms with Crippen LogP contribution < -0.4 is 42.6 Å². The van der Waals surface area contributed by atoms with Crippen molar-refractivity contribution in [2.45, 2.75) is 119 Å². The largest absolute Gasteiger partial charge is 0.311 e. The minimum Gasteiger partial charge on any atom is -0.311 e. The highest BCUT2D eigenvalue weighted by molar-refractivity contribution is 6.99. The lowest BCUT2D eigenvalue weighted by molar-refractivity contribution is 0.812. The van der Waals surface area contributed by atoms with Crippen molar-refractivity contribution in [1.82, 2.24) is 0 Å². The Morgan fingerprint density at radius 3 is 0.959 bits per heavy atom. The Balaban J connectivity index is 1.22. The summed E-state index contributed by atoms with van der Waals surface area (Å²) in [6, 6.07) is 66.2. The van der Waals surface area contributed by atoms with Gasteiger partial charge in [0.15, 0.2) is 0 Å². The zero-order valence-electron chi connectivity index (χ0n) is 45.7. The molecule has 0 amide bonds. The molecule has 2 heterocycles. The van der Waals surface area contributed by atoms with Crippen LogP contribution in [0, 0.1) is 0 Å². The van der Waals surface area contributed by atoms with Gasteiger partial charge in [0, 0.05) is 44.9 Å². The molecule has 2 aliphatic heterocycles. The summed E-state index contributed by atoms with van der Waals surface area (Å²) >= 11 is 0. The fraction of sp³-hybridized carbons (Fsp3) is 0.257. The van der Waals surface area contributed by atoms with Crippen LogP contribution in [-0.4, -0.2) is 13.4 Å². The van der Waals surface area contributed by atoms with E-state index in [1.165, 1.54) is 133 Å². The fourth-order valence-electron chi connectivity index (χ4n) is 13.4. The van der Waals surface area contributed by atoms with Gasteiger partial charge < -0.3 is 9.80 Å². The number of anilines is 6. The van der Waals surface area contributed by atoms with Crippen molar-refractivity contribution in [2.75, 3.05) is 9.80 Å². The Morgan fingerprint density at radius 1 is 0.311 bits per heavy atom. The summed E-state index contributed by atoms with van der Waals surface area (Å²) in [5.74, 6) is 2.27. The lowest BCUT2D eigenvalue weighted by Crippen LogP contribution is -2.59. The standard InChI is InChI=1S/C70H70B2N2/c1-41(2)49-35-55(43(5)6)67(56(36-49)44(7)8)71-59-27-19-21-29-63(59)73(51-23-15-13-16-24-51)69-53-33-32-48-40-62-70(54-34-31-47(39-61(69)71)65(53)66(48)54)74(52-25-17-14-18-26-52)64-30-22-20-28-60(64)72(62)68-57(45(9)10)37-50(42(3)4)38-58(68)46(11)12/h13-46H,1-12H3. The average Bonchev–Trinajstić information content (AvgIpc) is 3.49. The summed E-state index contributed by atoms with van der Waals surface area (Å²) in [7, 11) is 0. The average molecular weight is 961 g/mol. The first-order valence-electron chi connectivity index (χ1n) is 27.7. The number of fused-ring (bicyclic) bond motifs is 6. The topological polar surface area (TPSA) is 6.48 Å². The number of rotatable bonds is 10. The van der Waals surface area contributed by atoms with Gasteiger partial charge >= 0.3 is 0 Å². The molecule has 74 heavy (non-hydrogen) atoms. The van der Waals surface area contributed by atoms with Crippen LogP contribution in [0.1, 0.15) is 152 Å². The Bertz CT molecular complexity index is 3470. The van der Waals surface area contributed by atoms with E-state index in [0.29, 0.717) is 35.5 Å². The Morgan fingerprint density at radius 2 is 0.635 bits per heavy atom. The van der Waals surface area contributed by atoms with Crippen molar-refractivity contribution < 1.29 is 0 Å². The van der Waals surface area contributed by atoms with Gasteiger partial charge in [0.25, 0.3) is 0 Å². The first-order valence-corrected chi connectivity index (χ1v) is 27.7. The highest BCUT2D eigenvalue weighted by Crippen LogP contribution is 2.49. The summed E-state index contributed by atoms with van der Waals surface area (Å²) in [6.07, 6.45) is 0. The van der Waals surface area contributed by atoms with E-state index in [0.717, 1.165) is 0 Å². The Labute approximate surface area is 442 Å². The Kier molecular flexibility index (Phi) is 11.9. The van der Waals surface area contributed by atoms with Gasteiger partial charge in [-0.3, -0.25) is 0 Å². The van der Waals surface area contributed by atoms with E-state index < -0.39 is 0 Å². The van der Waals surface area contributed by atoms with Crippen LogP contribution in [-0.2, 0) is 0 Å². The van der Waals surface area contributed by atoms with Gasteiger partial charge in [-0.15, -0.1) is 0 Å². The minimum absolute atomic E-state index is 0.0325. The van der Waals surface area contributed by atoms with E-state index in [9.17, 15) is 0 Å². The molecule has 10 aromatic carbocycles. The second kappa shape index (κ2) is 18.4. The zero-order valence-corrected chi connectivity index (χ0v) is 45.7. The van der Waals surface area contributed by atoms with Crippen molar-refractivity contribution in [3.8, 4) is 0 Å². The van der Waals surface area contributed by atoms with E-state index in [-0.39, 0.29) is 13.4 Å². The predicted molar refractivity (Wildman–Crippen MR) is 326 cm³/mol. The molecule has 0 bridgehead atoms. The molecule has 2 aliphatic rings. The van der Waals surface area contributed by atoms with Crippen LogP contribution in [0.2, 0.25) is 0 Å². The summed E-state index contributed by atoms with van der Waals surface area (Å²) in [5, 5.41) is 7.83. The first-order chi connectivity index (χ1) is 35.7. The molecule has 0 saturated heterocycles. The quantitative estimate of drug-likeness (QED) is 0.0995. The fourth-order valence-corrected chi connectivity index (χ4v) is 13.4. The van der Waals surface area contributed by atoms with E-state index >= 15 is 0 Å². The molecule has 0 saturated carbocycles. The van der Waals surface area contributed by atoms with Crippen molar-refractivity contribution in [2.24, 2.45) is 0 Å². The Hall–Kier alpha value is -7.03. The van der Waals surface area contributed by atoms with Crippen molar-refractivity contribution in [3.05, 3.63) is 203 Å². The van der Waals surface area contributed by atoms with Crippen LogP contribution >= 0.6 is 0 Å².